The van der Waals surface area contributed by atoms with Crippen LogP contribution in [0.25, 0.3) is 0 Å². The Morgan fingerprint density at radius 3 is 3.00 bits per heavy atom. The highest BCUT2D eigenvalue weighted by Gasteiger charge is 2.34. The first-order valence-corrected chi connectivity index (χ1v) is 8.45. The largest absolute Gasteiger partial charge is 0.374 e. The number of nitrogens with zero attached hydrogens (tertiary/aromatic N) is 1. The Bertz CT molecular complexity index is 446. The lowest BCUT2D eigenvalue weighted by Crippen LogP contribution is -2.53. The van der Waals surface area contributed by atoms with E-state index in [0.717, 1.165) is 18.5 Å². The summed E-state index contributed by atoms with van der Waals surface area (Å²) in [6.45, 7) is 4.07. The van der Waals surface area contributed by atoms with Crippen molar-refractivity contribution in [2.75, 3.05) is 18.1 Å². The van der Waals surface area contributed by atoms with Crippen LogP contribution in [0.3, 0.4) is 0 Å². The van der Waals surface area contributed by atoms with E-state index in [1.807, 2.05) is 0 Å². The van der Waals surface area contributed by atoms with Crippen molar-refractivity contribution in [1.82, 2.24) is 0 Å². The molecule has 19 heavy (non-hydrogen) atoms. The highest BCUT2D eigenvalue weighted by atomic mass is 79.9. The van der Waals surface area contributed by atoms with E-state index >= 15 is 0 Å². The second-order valence-corrected chi connectivity index (χ2v) is 6.28. The van der Waals surface area contributed by atoms with E-state index in [2.05, 4.69) is 46.0 Å². The Balaban J connectivity index is 1.91. The van der Waals surface area contributed by atoms with Crippen LogP contribution in [-0.4, -0.2) is 25.3 Å². The van der Waals surface area contributed by atoms with Gasteiger partial charge in [-0.05, 0) is 31.4 Å². The van der Waals surface area contributed by atoms with Crippen LogP contribution in [0.4, 0.5) is 5.69 Å². The number of rotatable bonds is 2. The predicted octanol–water partition coefficient (Wildman–Crippen LogP) is 4.04. The highest BCUT2D eigenvalue weighted by molar-refractivity contribution is 9.08. The summed E-state index contributed by atoms with van der Waals surface area (Å²) in [5.74, 6) is 0. The second-order valence-electron chi connectivity index (χ2n) is 5.72. The van der Waals surface area contributed by atoms with Crippen molar-refractivity contribution in [1.29, 1.82) is 0 Å². The standard InChI is InChI=1S/C16H22BrNO/c1-12-6-7-14(13(10-12)11-17)18-8-9-19-16-5-3-2-4-15(16)18/h6-7,10,15-16H,2-5,8-9,11H2,1H3. The molecule has 0 aromatic heterocycles. The number of ether oxygens (including phenoxy) is 1. The Morgan fingerprint density at radius 2 is 2.16 bits per heavy atom. The summed E-state index contributed by atoms with van der Waals surface area (Å²) in [5, 5.41) is 0.929. The van der Waals surface area contributed by atoms with E-state index in [4.69, 9.17) is 4.74 Å². The summed E-state index contributed by atoms with van der Waals surface area (Å²) >= 11 is 3.64. The maximum absolute atomic E-state index is 5.98. The van der Waals surface area contributed by atoms with Crippen molar-refractivity contribution < 1.29 is 4.74 Å². The topological polar surface area (TPSA) is 12.5 Å². The van der Waals surface area contributed by atoms with Gasteiger partial charge in [0.2, 0.25) is 0 Å². The third kappa shape index (κ3) is 2.68. The third-order valence-corrected chi connectivity index (χ3v) is 5.02. The number of aryl methyl sites for hydroxylation is 1. The molecule has 0 spiro atoms. The van der Waals surface area contributed by atoms with E-state index in [1.54, 1.807) is 0 Å². The van der Waals surface area contributed by atoms with E-state index in [0.29, 0.717) is 12.1 Å². The van der Waals surface area contributed by atoms with E-state index in [-0.39, 0.29) is 0 Å². The zero-order chi connectivity index (χ0) is 13.2. The molecule has 0 bridgehead atoms. The lowest BCUT2D eigenvalue weighted by Gasteiger charge is -2.45. The predicted molar refractivity (Wildman–Crippen MR) is 83.2 cm³/mol. The van der Waals surface area contributed by atoms with E-state index in [1.165, 1.54) is 42.5 Å². The van der Waals surface area contributed by atoms with Gasteiger partial charge in [-0.25, -0.2) is 0 Å². The molecule has 0 radical (unpaired) electrons. The van der Waals surface area contributed by atoms with Gasteiger partial charge in [-0.1, -0.05) is 46.5 Å². The molecule has 3 rings (SSSR count). The lowest BCUT2D eigenvalue weighted by molar-refractivity contribution is -0.00872. The van der Waals surface area contributed by atoms with Crippen molar-refractivity contribution in [3.8, 4) is 0 Å². The molecule has 1 heterocycles. The Labute approximate surface area is 124 Å². The van der Waals surface area contributed by atoms with Crippen molar-refractivity contribution in [3.63, 3.8) is 0 Å². The summed E-state index contributed by atoms with van der Waals surface area (Å²) in [6, 6.07) is 7.41. The Morgan fingerprint density at radius 1 is 1.32 bits per heavy atom. The normalized spacial score (nSPS) is 27.2. The molecular formula is C16H22BrNO. The molecule has 0 amide bonds. The number of alkyl halides is 1. The van der Waals surface area contributed by atoms with Gasteiger partial charge in [-0.3, -0.25) is 0 Å². The van der Waals surface area contributed by atoms with Crippen molar-refractivity contribution >= 4 is 21.6 Å². The molecule has 3 heteroatoms. The average Bonchev–Trinajstić information content (AvgIpc) is 2.46. The first-order chi connectivity index (χ1) is 9.29. The van der Waals surface area contributed by atoms with Crippen LogP contribution in [0.2, 0.25) is 0 Å². The molecule has 2 unspecified atom stereocenters. The Kier molecular flexibility index (Phi) is 4.13. The molecule has 1 saturated heterocycles. The van der Waals surface area contributed by atoms with Crippen LogP contribution in [0.1, 0.15) is 36.8 Å². The van der Waals surface area contributed by atoms with Gasteiger partial charge >= 0.3 is 0 Å². The number of halogens is 1. The molecule has 1 aromatic carbocycles. The zero-order valence-corrected chi connectivity index (χ0v) is 13.2. The second kappa shape index (κ2) is 5.84. The molecule has 104 valence electrons. The fourth-order valence-corrected chi connectivity index (χ4v) is 3.95. The molecular weight excluding hydrogens is 302 g/mol. The first kappa shape index (κ1) is 13.4. The number of fused-ring (bicyclic) bond motifs is 1. The monoisotopic (exact) mass is 323 g/mol. The van der Waals surface area contributed by atoms with E-state index in [9.17, 15) is 0 Å². The highest BCUT2D eigenvalue weighted by Crippen LogP contribution is 2.34. The van der Waals surface area contributed by atoms with Crippen molar-refractivity contribution in [2.45, 2.75) is 50.1 Å². The minimum Gasteiger partial charge on any atom is -0.374 e. The molecule has 0 N–H and O–H groups in total. The maximum Gasteiger partial charge on any atom is 0.0779 e. The maximum atomic E-state index is 5.98. The first-order valence-electron chi connectivity index (χ1n) is 7.33. The minimum absolute atomic E-state index is 0.451. The van der Waals surface area contributed by atoms with Crippen molar-refractivity contribution in [2.24, 2.45) is 0 Å². The Hall–Kier alpha value is -0.540. The number of benzene rings is 1. The van der Waals surface area contributed by atoms with Gasteiger partial charge in [0.1, 0.15) is 0 Å². The summed E-state index contributed by atoms with van der Waals surface area (Å²) in [4.78, 5) is 2.60. The third-order valence-electron chi connectivity index (χ3n) is 4.42. The summed E-state index contributed by atoms with van der Waals surface area (Å²) in [5.41, 5.74) is 4.15. The summed E-state index contributed by atoms with van der Waals surface area (Å²) in [6.07, 6.45) is 5.63. The molecule has 1 aliphatic carbocycles. The molecule has 2 nitrogen and oxygen atoms in total. The lowest BCUT2D eigenvalue weighted by atomic mass is 9.89. The van der Waals surface area contributed by atoms with Crippen LogP contribution in [-0.2, 0) is 10.1 Å². The molecule has 2 fully saturated rings. The van der Waals surface area contributed by atoms with Gasteiger partial charge in [-0.2, -0.15) is 0 Å². The SMILES string of the molecule is Cc1ccc(N2CCOC3CCCCC32)c(CBr)c1. The summed E-state index contributed by atoms with van der Waals surface area (Å²) in [7, 11) is 0. The van der Waals surface area contributed by atoms with E-state index < -0.39 is 0 Å². The molecule has 1 aliphatic heterocycles. The number of morpholine rings is 1. The van der Waals surface area contributed by atoms with Crippen LogP contribution in [0.15, 0.2) is 18.2 Å². The fraction of sp³-hybridized carbons (Fsp3) is 0.625. The van der Waals surface area contributed by atoms with Crippen LogP contribution < -0.4 is 4.90 Å². The quantitative estimate of drug-likeness (QED) is 0.762. The average molecular weight is 324 g/mol. The van der Waals surface area contributed by atoms with Gasteiger partial charge in [-0.15, -0.1) is 0 Å². The van der Waals surface area contributed by atoms with Gasteiger partial charge in [0.25, 0.3) is 0 Å². The number of hydrogen-bond donors (Lipinski definition) is 0. The minimum atomic E-state index is 0.451. The fourth-order valence-electron chi connectivity index (χ4n) is 3.50. The molecule has 2 atom stereocenters. The van der Waals surface area contributed by atoms with Gasteiger partial charge < -0.3 is 9.64 Å². The summed E-state index contributed by atoms with van der Waals surface area (Å²) < 4.78 is 5.98. The smallest absolute Gasteiger partial charge is 0.0779 e. The zero-order valence-electron chi connectivity index (χ0n) is 11.6. The molecule has 2 aliphatic rings. The van der Waals surface area contributed by atoms with Crippen LogP contribution >= 0.6 is 15.9 Å². The van der Waals surface area contributed by atoms with Crippen LogP contribution in [0, 0.1) is 6.92 Å². The van der Waals surface area contributed by atoms with Gasteiger partial charge in [0.15, 0.2) is 0 Å². The van der Waals surface area contributed by atoms with Gasteiger partial charge in [0.05, 0.1) is 18.8 Å². The van der Waals surface area contributed by atoms with Crippen molar-refractivity contribution in [3.05, 3.63) is 29.3 Å². The number of hydrogen-bond acceptors (Lipinski definition) is 2. The molecule has 1 aromatic rings. The van der Waals surface area contributed by atoms with Gasteiger partial charge in [0, 0.05) is 17.6 Å². The van der Waals surface area contributed by atoms with Crippen LogP contribution in [0.5, 0.6) is 0 Å². The molecule has 1 saturated carbocycles. The number of anilines is 1.